The maximum atomic E-state index is 11.2. The van der Waals surface area contributed by atoms with Gasteiger partial charge >= 0.3 is 11.9 Å². The number of hydrogen-bond acceptors (Lipinski definition) is 18. The van der Waals surface area contributed by atoms with Crippen LogP contribution >= 0.6 is 34.3 Å². The Kier molecular flexibility index (Phi) is 13.9. The first kappa shape index (κ1) is 42.9. The fourth-order valence-corrected chi connectivity index (χ4v) is 8.76. The van der Waals surface area contributed by atoms with E-state index in [0.29, 0.717) is 48.8 Å². The zero-order valence-electron chi connectivity index (χ0n) is 31.7. The van der Waals surface area contributed by atoms with Crippen molar-refractivity contribution in [3.8, 4) is 11.5 Å². The van der Waals surface area contributed by atoms with E-state index in [2.05, 4.69) is 25.3 Å². The van der Waals surface area contributed by atoms with Crippen LogP contribution in [0.3, 0.4) is 0 Å². The van der Waals surface area contributed by atoms with Gasteiger partial charge in [-0.2, -0.15) is 0 Å². The summed E-state index contributed by atoms with van der Waals surface area (Å²) in [5.41, 5.74) is 9.06. The van der Waals surface area contributed by atoms with E-state index < -0.39 is 0 Å². The maximum Gasteiger partial charge on any atom is 0.303 e. The van der Waals surface area contributed by atoms with Crippen LogP contribution in [0.5, 0.6) is 11.5 Å². The summed E-state index contributed by atoms with van der Waals surface area (Å²) < 4.78 is 47.1. The second-order valence-corrected chi connectivity index (χ2v) is 15.9. The number of thiophene rings is 2. The molecular weight excluding hydrogens is 836 g/mol. The Morgan fingerprint density at radius 3 is 1.62 bits per heavy atom. The summed E-state index contributed by atoms with van der Waals surface area (Å²) in [5, 5.41) is 7.81. The lowest BCUT2D eigenvalue weighted by Crippen LogP contribution is -2.36. The molecule has 19 heteroatoms. The van der Waals surface area contributed by atoms with Crippen LogP contribution in [0.15, 0.2) is 84.1 Å². The Hall–Kier alpha value is -5.21. The molecule has 8 heterocycles. The summed E-state index contributed by atoms with van der Waals surface area (Å²) in [6, 6.07) is 18.7. The summed E-state index contributed by atoms with van der Waals surface area (Å²) >= 11 is 8.91. The highest BCUT2D eigenvalue weighted by molar-refractivity contribution is 7.18. The largest absolute Gasteiger partial charge is 0.485 e. The topological polar surface area (TPSA) is 198 Å². The smallest absolute Gasteiger partial charge is 0.303 e. The summed E-state index contributed by atoms with van der Waals surface area (Å²) in [5.74, 6) is 1.55. The van der Waals surface area contributed by atoms with Crippen molar-refractivity contribution >= 4 is 83.8 Å². The van der Waals surface area contributed by atoms with E-state index in [4.69, 9.17) is 55.2 Å². The van der Waals surface area contributed by atoms with E-state index in [-0.39, 0.29) is 68.2 Å². The van der Waals surface area contributed by atoms with E-state index in [1.165, 1.54) is 20.2 Å². The number of carbonyl (C=O) groups is 2. The molecule has 0 aliphatic carbocycles. The van der Waals surface area contributed by atoms with E-state index >= 15 is 0 Å². The molecule has 4 saturated heterocycles. The van der Waals surface area contributed by atoms with Crippen LogP contribution in [0.4, 0.5) is 17.2 Å². The van der Waals surface area contributed by atoms with Crippen molar-refractivity contribution in [2.75, 3.05) is 37.5 Å². The fourth-order valence-electron chi connectivity index (χ4n) is 6.98. The molecule has 60 heavy (non-hydrogen) atoms. The van der Waals surface area contributed by atoms with Gasteiger partial charge in [0.25, 0.3) is 0 Å². The third-order valence-electron chi connectivity index (χ3n) is 9.57. The molecule has 10 rings (SSSR count). The quantitative estimate of drug-likeness (QED) is 0.0937. The zero-order valence-corrected chi connectivity index (χ0v) is 34.1. The molecule has 16 nitrogen and oxygen atoms in total. The predicted molar refractivity (Wildman–Crippen MR) is 226 cm³/mol. The summed E-state index contributed by atoms with van der Waals surface area (Å²) in [6.45, 7) is 4.24. The second kappa shape index (κ2) is 19.4. The maximum absolute atomic E-state index is 11.2. The van der Waals surface area contributed by atoms with Gasteiger partial charge < -0.3 is 48.9 Å². The molecule has 4 aliphatic heterocycles. The van der Waals surface area contributed by atoms with Crippen molar-refractivity contribution in [3.05, 3.63) is 89.2 Å². The Labute approximate surface area is 358 Å². The molecule has 2 unspecified atom stereocenters. The van der Waals surface area contributed by atoms with Gasteiger partial charge in [0.1, 0.15) is 53.7 Å². The average molecular weight is 879 g/mol. The minimum Gasteiger partial charge on any atom is -0.485 e. The molecule has 4 aromatic heterocycles. The van der Waals surface area contributed by atoms with Crippen LogP contribution in [0.25, 0.3) is 20.4 Å². The molecule has 6 aromatic rings. The number of halogens is 1. The zero-order chi connectivity index (χ0) is 40.9. The Morgan fingerprint density at radius 1 is 0.650 bits per heavy atom. The van der Waals surface area contributed by atoms with Gasteiger partial charge in [-0.1, -0.05) is 19.0 Å². The lowest BCUT2D eigenvalue weighted by molar-refractivity contribution is -0.151. The van der Waals surface area contributed by atoms with Gasteiger partial charge in [-0.15, -0.1) is 22.7 Å². The number of ether oxygens (including phenoxy) is 8. The van der Waals surface area contributed by atoms with Gasteiger partial charge in [0.05, 0.1) is 46.9 Å². The number of hydrogen-bond donors (Lipinski definition) is 2. The van der Waals surface area contributed by atoms with Gasteiger partial charge in [0.2, 0.25) is 0 Å². The molecule has 0 amide bonds. The van der Waals surface area contributed by atoms with Crippen LogP contribution in [-0.4, -0.2) is 107 Å². The van der Waals surface area contributed by atoms with Gasteiger partial charge in [-0.3, -0.25) is 9.59 Å². The van der Waals surface area contributed by atoms with Gasteiger partial charge in [-0.05, 0) is 71.4 Å². The van der Waals surface area contributed by atoms with E-state index in [1.807, 2.05) is 47.2 Å². The number of rotatable bonds is 8. The predicted octanol–water partition coefficient (Wildman–Crippen LogP) is 6.64. The van der Waals surface area contributed by atoms with E-state index in [1.54, 1.807) is 53.3 Å². The van der Waals surface area contributed by atoms with Crippen LogP contribution < -0.4 is 20.5 Å². The number of nitrogen functional groups attached to an aromatic ring is 1. The lowest BCUT2D eigenvalue weighted by atomic mass is 10.1. The number of benzene rings is 2. The van der Waals surface area contributed by atoms with Crippen LogP contribution in [0.2, 0.25) is 5.15 Å². The lowest BCUT2D eigenvalue weighted by Gasteiger charge is -2.18. The van der Waals surface area contributed by atoms with Gasteiger partial charge in [-0.25, -0.2) is 19.9 Å². The van der Waals surface area contributed by atoms with Crippen molar-refractivity contribution < 1.29 is 47.5 Å². The molecule has 0 saturated carbocycles. The highest BCUT2D eigenvalue weighted by Crippen LogP contribution is 2.34. The van der Waals surface area contributed by atoms with Gasteiger partial charge in [0, 0.05) is 25.2 Å². The first-order chi connectivity index (χ1) is 28.7. The first-order valence-corrected chi connectivity index (χ1v) is 20.7. The average Bonchev–Trinajstić information content (AvgIpc) is 4.08. The highest BCUT2D eigenvalue weighted by atomic mass is 35.5. The molecule has 0 radical (unpaired) electrons. The number of nitrogens with zero attached hydrogens (tertiary/aromatic N) is 4. The van der Waals surface area contributed by atoms with Crippen molar-refractivity contribution in [2.24, 2.45) is 0 Å². The minimum absolute atomic E-state index is 0. The fraction of sp³-hybridized carbons (Fsp3) is 0.366. The summed E-state index contributed by atoms with van der Waals surface area (Å²) in [7, 11) is 0. The van der Waals surface area contributed by atoms with Crippen LogP contribution in [0.1, 0.15) is 21.3 Å². The number of anilines is 3. The molecule has 4 fully saturated rings. The van der Waals surface area contributed by atoms with Crippen molar-refractivity contribution in [2.45, 2.75) is 70.1 Å². The molecule has 0 spiro atoms. The Bertz CT molecular complexity index is 2370. The Morgan fingerprint density at radius 2 is 1.10 bits per heavy atom. The first-order valence-electron chi connectivity index (χ1n) is 18.6. The van der Waals surface area contributed by atoms with Crippen LogP contribution in [0, 0.1) is 0 Å². The molecule has 8 atom stereocenters. The molecular formula is C41H43ClN6O10S2. The SMILES string of the molecule is C.CC(=O)O[C@H]1CO[C@@H]2C(Oc3ccc(N)cc3)CO[C@H]12.CC(=O)O[C@H]1CO[C@@H]2C(Oc3ccc(Nc4ncnc5ccsc45)cc3)CO[C@H]12.Clc1ncnc2ccsc12. The van der Waals surface area contributed by atoms with Crippen molar-refractivity contribution in [3.63, 3.8) is 0 Å². The third-order valence-corrected chi connectivity index (χ3v) is 11.8. The second-order valence-electron chi connectivity index (χ2n) is 13.7. The number of nitrogens with two attached hydrogens (primary N) is 1. The van der Waals surface area contributed by atoms with Crippen molar-refractivity contribution in [1.82, 2.24) is 19.9 Å². The van der Waals surface area contributed by atoms with Crippen LogP contribution in [-0.2, 0) is 38.0 Å². The number of nitrogens with one attached hydrogen (secondary N) is 1. The number of carbonyl (C=O) groups excluding carboxylic acids is 2. The summed E-state index contributed by atoms with van der Waals surface area (Å²) in [6.07, 6.45) is 0.858. The monoisotopic (exact) mass is 878 g/mol. The Balaban J connectivity index is 0.000000151. The van der Waals surface area contributed by atoms with Crippen molar-refractivity contribution in [1.29, 1.82) is 0 Å². The summed E-state index contributed by atoms with van der Waals surface area (Å²) in [4.78, 5) is 38.7. The minimum atomic E-state index is -0.375. The van der Waals surface area contributed by atoms with Gasteiger partial charge in [0.15, 0.2) is 30.2 Å². The molecule has 0 bridgehead atoms. The van der Waals surface area contributed by atoms with E-state index in [0.717, 1.165) is 31.9 Å². The normalized spacial score (nSPS) is 24.8. The molecule has 3 N–H and O–H groups in total. The molecule has 316 valence electrons. The highest BCUT2D eigenvalue weighted by Gasteiger charge is 2.51. The number of fused-ring (bicyclic) bond motifs is 4. The third kappa shape index (κ3) is 10.0. The number of aromatic nitrogens is 4. The number of esters is 2. The molecule has 4 aliphatic rings. The molecule has 2 aromatic carbocycles. The standard InChI is InChI=1S/C20H19N3O5S.C14H17NO5.C6H3ClN2S.CH4/c1-11(24)27-15-8-25-18-16(9-26-17(15)18)28-13-4-2-12(3-5-13)23-20-19-14(6-7-29-19)21-10-22-20;1-8(16)19-11-6-17-14-12(7-18-13(11)14)20-10-4-2-9(15)3-5-10;7-6-5-4(1-2-10-5)8-3-9-6;/h2-7,10,15-18H,8-9H2,1H3,(H,21,22,23);2-5,11-14H,6-7,15H2,1H3;1-3H;1H4/t15-,16?,17+,18+;11-,12?,13+,14+;;/m00../s1. The van der Waals surface area contributed by atoms with E-state index in [9.17, 15) is 9.59 Å².